The molecule has 0 bridgehead atoms. The minimum Gasteiger partial charge on any atom is -0.353 e. The third-order valence-corrected chi connectivity index (χ3v) is 6.25. The summed E-state index contributed by atoms with van der Waals surface area (Å²) in [4.78, 5) is 12.5. The highest BCUT2D eigenvalue weighted by Gasteiger charge is 2.39. The Labute approximate surface area is 148 Å². The van der Waals surface area contributed by atoms with Gasteiger partial charge >= 0.3 is 0 Å². The van der Waals surface area contributed by atoms with Gasteiger partial charge in [0, 0.05) is 13.1 Å². The van der Waals surface area contributed by atoms with Crippen molar-refractivity contribution in [1.82, 2.24) is 9.62 Å². The van der Waals surface area contributed by atoms with E-state index in [2.05, 4.69) is 5.32 Å². The molecule has 1 aliphatic heterocycles. The maximum absolute atomic E-state index is 13.1. The highest BCUT2D eigenvalue weighted by atomic mass is 32.2. The van der Waals surface area contributed by atoms with Crippen molar-refractivity contribution < 1.29 is 13.2 Å². The maximum Gasteiger partial charge on any atom is 0.243 e. The lowest BCUT2D eigenvalue weighted by molar-refractivity contribution is -0.126. The number of carbonyl (C=O) groups excluding carboxylic acids is 1. The van der Waals surface area contributed by atoms with E-state index in [9.17, 15) is 13.2 Å². The van der Waals surface area contributed by atoms with Crippen molar-refractivity contribution in [2.75, 3.05) is 13.1 Å². The number of piperazine rings is 1. The molecule has 1 N–H and O–H groups in total. The Balaban J connectivity index is 1.97. The van der Waals surface area contributed by atoms with Crippen LogP contribution < -0.4 is 5.32 Å². The summed E-state index contributed by atoms with van der Waals surface area (Å²) < 4.78 is 27.4. The summed E-state index contributed by atoms with van der Waals surface area (Å²) in [6.07, 6.45) is 0. The third kappa shape index (κ3) is 3.75. The number of sulfonamides is 1. The average Bonchev–Trinajstić information content (AvgIpc) is 2.55. The fraction of sp³-hybridized carbons (Fsp3) is 0.316. The van der Waals surface area contributed by atoms with E-state index < -0.39 is 16.1 Å². The van der Waals surface area contributed by atoms with Gasteiger partial charge in [0.25, 0.3) is 0 Å². The lowest BCUT2D eigenvalue weighted by atomic mass is 9.99. The second-order valence-corrected chi connectivity index (χ2v) is 8.33. The lowest BCUT2D eigenvalue weighted by Gasteiger charge is -2.35. The fourth-order valence-corrected chi connectivity index (χ4v) is 4.90. The van der Waals surface area contributed by atoms with Crippen molar-refractivity contribution >= 4 is 15.9 Å². The molecule has 0 radical (unpaired) electrons. The molecular weight excluding hydrogens is 336 g/mol. The molecule has 1 aliphatic rings. The molecule has 3 rings (SSSR count). The largest absolute Gasteiger partial charge is 0.353 e. The zero-order valence-electron chi connectivity index (χ0n) is 14.4. The van der Waals surface area contributed by atoms with Gasteiger partial charge < -0.3 is 5.32 Å². The topological polar surface area (TPSA) is 66.5 Å². The van der Waals surface area contributed by atoms with Crippen LogP contribution in [0.25, 0.3) is 0 Å². The van der Waals surface area contributed by atoms with Gasteiger partial charge in [-0.15, -0.1) is 0 Å². The molecule has 0 aromatic heterocycles. The predicted molar refractivity (Wildman–Crippen MR) is 97.4 cm³/mol. The van der Waals surface area contributed by atoms with Crippen molar-refractivity contribution in [3.63, 3.8) is 0 Å². The summed E-state index contributed by atoms with van der Waals surface area (Å²) in [5, 5.41) is 2.79. The second-order valence-electron chi connectivity index (χ2n) is 6.41. The molecule has 1 amide bonds. The van der Waals surface area contributed by atoms with Gasteiger partial charge in [0.05, 0.1) is 5.75 Å². The van der Waals surface area contributed by atoms with E-state index in [4.69, 9.17) is 0 Å². The number of nitrogens with one attached hydrogen (secondary N) is 1. The van der Waals surface area contributed by atoms with Crippen LogP contribution in [0.4, 0.5) is 0 Å². The van der Waals surface area contributed by atoms with Crippen molar-refractivity contribution in [3.05, 3.63) is 70.8 Å². The molecule has 0 saturated carbocycles. The Morgan fingerprint density at radius 2 is 1.88 bits per heavy atom. The fourth-order valence-electron chi connectivity index (χ4n) is 3.23. The average molecular weight is 358 g/mol. The number of amides is 1. The normalized spacial score (nSPS) is 18.8. The molecule has 1 unspecified atom stereocenters. The van der Waals surface area contributed by atoms with Crippen LogP contribution in [0.5, 0.6) is 0 Å². The summed E-state index contributed by atoms with van der Waals surface area (Å²) in [6.45, 7) is 4.43. The lowest BCUT2D eigenvalue weighted by Crippen LogP contribution is -2.52. The van der Waals surface area contributed by atoms with Crippen LogP contribution >= 0.6 is 0 Å². The van der Waals surface area contributed by atoms with Crippen molar-refractivity contribution in [1.29, 1.82) is 0 Å². The van der Waals surface area contributed by atoms with Crippen molar-refractivity contribution in [3.8, 4) is 0 Å². The second kappa shape index (κ2) is 6.98. The highest BCUT2D eigenvalue weighted by Crippen LogP contribution is 2.29. The summed E-state index contributed by atoms with van der Waals surface area (Å²) >= 11 is 0. The first-order chi connectivity index (χ1) is 11.9. The van der Waals surface area contributed by atoms with Crippen LogP contribution in [0.15, 0.2) is 48.5 Å². The van der Waals surface area contributed by atoms with Gasteiger partial charge in [0.15, 0.2) is 0 Å². The quantitative estimate of drug-likeness (QED) is 0.912. The van der Waals surface area contributed by atoms with Crippen LogP contribution in [0.1, 0.15) is 28.3 Å². The van der Waals surface area contributed by atoms with Gasteiger partial charge in [-0.25, -0.2) is 8.42 Å². The smallest absolute Gasteiger partial charge is 0.243 e. The molecule has 25 heavy (non-hydrogen) atoms. The van der Waals surface area contributed by atoms with Gasteiger partial charge in [-0.3, -0.25) is 4.79 Å². The number of aryl methyl sites for hydroxylation is 2. The van der Waals surface area contributed by atoms with Crippen LogP contribution in [-0.2, 0) is 20.6 Å². The van der Waals surface area contributed by atoms with Gasteiger partial charge in [0.2, 0.25) is 15.9 Å². The summed E-state index contributed by atoms with van der Waals surface area (Å²) in [6, 6.07) is 14.1. The first-order valence-corrected chi connectivity index (χ1v) is 9.88. The third-order valence-electron chi connectivity index (χ3n) is 4.44. The van der Waals surface area contributed by atoms with E-state index in [1.807, 2.05) is 56.3 Å². The molecule has 1 heterocycles. The molecule has 6 heteroatoms. The molecule has 0 aliphatic carbocycles. The van der Waals surface area contributed by atoms with Gasteiger partial charge in [0.1, 0.15) is 6.04 Å². The zero-order valence-corrected chi connectivity index (χ0v) is 15.2. The predicted octanol–water partition coefficient (Wildman–Crippen LogP) is 2.31. The minimum atomic E-state index is -3.63. The number of nitrogens with zero attached hydrogens (tertiary/aromatic N) is 1. The molecule has 0 spiro atoms. The maximum atomic E-state index is 13.1. The standard InChI is InChI=1S/C19H22N2O3S/c1-14-6-5-8-16(12-14)13-25(23,24)21-11-10-20-19(22)18(21)17-9-4-3-7-15(17)2/h3-9,12,18H,10-11,13H2,1-2H3,(H,20,22). The molecule has 1 atom stereocenters. The van der Waals surface area contributed by atoms with Gasteiger partial charge in [-0.2, -0.15) is 4.31 Å². The summed E-state index contributed by atoms with van der Waals surface area (Å²) in [7, 11) is -3.63. The Hall–Kier alpha value is -2.18. The SMILES string of the molecule is Cc1cccc(CS(=O)(=O)N2CCNC(=O)C2c2ccccc2C)c1. The highest BCUT2D eigenvalue weighted by molar-refractivity contribution is 7.88. The van der Waals surface area contributed by atoms with Crippen LogP contribution in [0.2, 0.25) is 0 Å². The minimum absolute atomic E-state index is 0.107. The van der Waals surface area contributed by atoms with E-state index in [1.54, 1.807) is 6.07 Å². The van der Waals surface area contributed by atoms with Crippen LogP contribution in [0, 0.1) is 13.8 Å². The van der Waals surface area contributed by atoms with Gasteiger partial charge in [-0.1, -0.05) is 54.1 Å². The van der Waals surface area contributed by atoms with Crippen LogP contribution in [0.3, 0.4) is 0 Å². The summed E-state index contributed by atoms with van der Waals surface area (Å²) in [5.74, 6) is -0.377. The monoisotopic (exact) mass is 358 g/mol. The number of rotatable bonds is 4. The number of hydrogen-bond acceptors (Lipinski definition) is 3. The van der Waals surface area contributed by atoms with Crippen molar-refractivity contribution in [2.24, 2.45) is 0 Å². The van der Waals surface area contributed by atoms with Crippen LogP contribution in [-0.4, -0.2) is 31.7 Å². The van der Waals surface area contributed by atoms with E-state index in [0.29, 0.717) is 6.54 Å². The Morgan fingerprint density at radius 3 is 2.60 bits per heavy atom. The molecule has 132 valence electrons. The zero-order chi connectivity index (χ0) is 18.0. The Kier molecular flexibility index (Phi) is 4.92. The van der Waals surface area contributed by atoms with Crippen molar-refractivity contribution in [2.45, 2.75) is 25.6 Å². The first kappa shape index (κ1) is 17.6. The number of benzene rings is 2. The Bertz CT molecular complexity index is 893. The molecule has 2 aromatic rings. The number of carbonyl (C=O) groups is 1. The summed E-state index contributed by atoms with van der Waals surface area (Å²) in [5.41, 5.74) is 3.38. The van der Waals surface area contributed by atoms with Gasteiger partial charge in [-0.05, 0) is 30.5 Å². The first-order valence-electron chi connectivity index (χ1n) is 8.27. The molecule has 1 saturated heterocycles. The van der Waals surface area contributed by atoms with E-state index >= 15 is 0 Å². The Morgan fingerprint density at radius 1 is 1.12 bits per heavy atom. The number of hydrogen-bond donors (Lipinski definition) is 1. The molecule has 1 fully saturated rings. The van der Waals surface area contributed by atoms with E-state index in [1.165, 1.54) is 4.31 Å². The molecular formula is C19H22N2O3S. The molecule has 5 nitrogen and oxygen atoms in total. The molecule has 2 aromatic carbocycles. The van der Waals surface area contributed by atoms with E-state index in [-0.39, 0.29) is 18.2 Å². The van der Waals surface area contributed by atoms with E-state index in [0.717, 1.165) is 22.3 Å².